The van der Waals surface area contributed by atoms with Crippen molar-refractivity contribution in [2.45, 2.75) is 0 Å². The molecule has 100 valence electrons. The first-order chi connectivity index (χ1) is 9.69. The van der Waals surface area contributed by atoms with Crippen molar-refractivity contribution in [3.8, 4) is 11.8 Å². The third kappa shape index (κ3) is 3.56. The number of anilines is 1. The lowest BCUT2D eigenvalue weighted by Crippen LogP contribution is -2.12. The standard InChI is InChI=1S/C15H11FN2O2/c16-12-4-1-3-11(9-12)15(19)18-13-5-2-6-14(10-13)20-8-7-17/h1-6,9-10H,8H2,(H,18,19). The highest BCUT2D eigenvalue weighted by atomic mass is 19.1. The molecule has 2 aromatic carbocycles. The smallest absolute Gasteiger partial charge is 0.255 e. The van der Waals surface area contributed by atoms with Gasteiger partial charge < -0.3 is 10.1 Å². The summed E-state index contributed by atoms with van der Waals surface area (Å²) < 4.78 is 18.2. The molecule has 0 spiro atoms. The Morgan fingerprint density at radius 1 is 1.25 bits per heavy atom. The van der Waals surface area contributed by atoms with Gasteiger partial charge in [-0.05, 0) is 30.3 Å². The molecule has 0 saturated heterocycles. The molecule has 0 atom stereocenters. The molecule has 0 bridgehead atoms. The van der Waals surface area contributed by atoms with Gasteiger partial charge in [0.1, 0.15) is 17.6 Å². The fourth-order valence-electron chi connectivity index (χ4n) is 1.61. The SMILES string of the molecule is N#CCOc1cccc(NC(=O)c2cccc(F)c2)c1. The zero-order valence-corrected chi connectivity index (χ0v) is 10.5. The fraction of sp³-hybridized carbons (Fsp3) is 0.0667. The van der Waals surface area contributed by atoms with Crippen LogP contribution in [0.2, 0.25) is 0 Å². The van der Waals surface area contributed by atoms with E-state index in [-0.39, 0.29) is 12.2 Å². The van der Waals surface area contributed by atoms with Crippen molar-refractivity contribution in [3.63, 3.8) is 0 Å². The van der Waals surface area contributed by atoms with Crippen molar-refractivity contribution in [1.82, 2.24) is 0 Å². The number of hydrogen-bond acceptors (Lipinski definition) is 3. The number of carbonyl (C=O) groups excluding carboxylic acids is 1. The van der Waals surface area contributed by atoms with E-state index in [1.54, 1.807) is 24.3 Å². The Hall–Kier alpha value is -2.87. The predicted octanol–water partition coefficient (Wildman–Crippen LogP) is 2.98. The van der Waals surface area contributed by atoms with E-state index in [0.29, 0.717) is 11.4 Å². The molecule has 0 aliphatic heterocycles. The van der Waals surface area contributed by atoms with Gasteiger partial charge >= 0.3 is 0 Å². The van der Waals surface area contributed by atoms with Gasteiger partial charge in [-0.1, -0.05) is 12.1 Å². The van der Waals surface area contributed by atoms with Crippen LogP contribution in [-0.2, 0) is 0 Å². The molecule has 0 unspecified atom stereocenters. The maximum absolute atomic E-state index is 13.0. The molecular formula is C15H11FN2O2. The lowest BCUT2D eigenvalue weighted by Gasteiger charge is -2.07. The van der Waals surface area contributed by atoms with Gasteiger partial charge in [0, 0.05) is 17.3 Å². The number of benzene rings is 2. The zero-order valence-electron chi connectivity index (χ0n) is 10.5. The minimum Gasteiger partial charge on any atom is -0.479 e. The number of ether oxygens (including phenoxy) is 1. The molecule has 0 heterocycles. The van der Waals surface area contributed by atoms with Crippen molar-refractivity contribution >= 4 is 11.6 Å². The number of nitrogens with zero attached hydrogens (tertiary/aromatic N) is 1. The second-order valence-corrected chi connectivity index (χ2v) is 3.94. The molecule has 20 heavy (non-hydrogen) atoms. The van der Waals surface area contributed by atoms with E-state index in [9.17, 15) is 9.18 Å². The largest absolute Gasteiger partial charge is 0.479 e. The van der Waals surface area contributed by atoms with Gasteiger partial charge in [-0.25, -0.2) is 4.39 Å². The van der Waals surface area contributed by atoms with Crippen molar-refractivity contribution < 1.29 is 13.9 Å². The third-order valence-electron chi connectivity index (χ3n) is 2.48. The van der Waals surface area contributed by atoms with Crippen molar-refractivity contribution in [3.05, 3.63) is 59.9 Å². The van der Waals surface area contributed by atoms with Crippen LogP contribution in [-0.4, -0.2) is 12.5 Å². The minimum absolute atomic E-state index is 0.0682. The van der Waals surface area contributed by atoms with Crippen molar-refractivity contribution in [2.75, 3.05) is 11.9 Å². The maximum atomic E-state index is 13.0. The average molecular weight is 270 g/mol. The molecule has 1 N–H and O–H groups in total. The summed E-state index contributed by atoms with van der Waals surface area (Å²) in [5, 5.41) is 11.1. The van der Waals surface area contributed by atoms with Gasteiger partial charge in [0.25, 0.3) is 5.91 Å². The Kier molecular flexibility index (Phi) is 4.30. The van der Waals surface area contributed by atoms with Crippen LogP contribution in [0.4, 0.5) is 10.1 Å². The summed E-state index contributed by atoms with van der Waals surface area (Å²) in [4.78, 5) is 11.9. The normalized spacial score (nSPS) is 9.60. The number of halogens is 1. The third-order valence-corrected chi connectivity index (χ3v) is 2.48. The maximum Gasteiger partial charge on any atom is 0.255 e. The Morgan fingerprint density at radius 3 is 2.80 bits per heavy atom. The topological polar surface area (TPSA) is 62.1 Å². The number of rotatable bonds is 4. The Morgan fingerprint density at radius 2 is 2.05 bits per heavy atom. The highest BCUT2D eigenvalue weighted by molar-refractivity contribution is 6.04. The van der Waals surface area contributed by atoms with Gasteiger partial charge in [0.05, 0.1) is 0 Å². The second-order valence-electron chi connectivity index (χ2n) is 3.94. The summed E-state index contributed by atoms with van der Waals surface area (Å²) in [7, 11) is 0. The van der Waals surface area contributed by atoms with Crippen LogP contribution < -0.4 is 10.1 Å². The van der Waals surface area contributed by atoms with Gasteiger partial charge in [-0.15, -0.1) is 0 Å². The van der Waals surface area contributed by atoms with E-state index in [4.69, 9.17) is 10.00 Å². The minimum atomic E-state index is -0.469. The monoisotopic (exact) mass is 270 g/mol. The van der Waals surface area contributed by atoms with Gasteiger partial charge in [0.15, 0.2) is 6.61 Å². The molecule has 0 aliphatic rings. The number of nitriles is 1. The van der Waals surface area contributed by atoms with Gasteiger partial charge in [-0.3, -0.25) is 4.79 Å². The number of carbonyl (C=O) groups is 1. The number of hydrogen-bond donors (Lipinski definition) is 1. The molecule has 0 aliphatic carbocycles. The summed E-state index contributed by atoms with van der Waals surface area (Å²) in [6, 6.07) is 13.9. The Labute approximate surface area is 115 Å². The summed E-state index contributed by atoms with van der Waals surface area (Å²) in [5.74, 6) is -0.408. The van der Waals surface area contributed by atoms with Gasteiger partial charge in [-0.2, -0.15) is 5.26 Å². The first-order valence-corrected chi connectivity index (χ1v) is 5.86. The molecule has 2 aromatic rings. The molecule has 0 saturated carbocycles. The first-order valence-electron chi connectivity index (χ1n) is 5.86. The van der Waals surface area contributed by atoms with Crippen LogP contribution in [0.1, 0.15) is 10.4 Å². The molecule has 2 rings (SSSR count). The van der Waals surface area contributed by atoms with E-state index < -0.39 is 11.7 Å². The summed E-state index contributed by atoms with van der Waals surface area (Å²) in [6.45, 7) is -0.0682. The molecule has 1 amide bonds. The molecule has 5 heteroatoms. The summed E-state index contributed by atoms with van der Waals surface area (Å²) in [5.41, 5.74) is 0.739. The van der Waals surface area contributed by atoms with Crippen LogP contribution in [0.3, 0.4) is 0 Å². The lowest BCUT2D eigenvalue weighted by atomic mass is 10.2. The van der Waals surface area contributed by atoms with Crippen LogP contribution in [0.25, 0.3) is 0 Å². The highest BCUT2D eigenvalue weighted by Crippen LogP contribution is 2.18. The van der Waals surface area contributed by atoms with E-state index in [1.165, 1.54) is 18.2 Å². The number of amides is 1. The average Bonchev–Trinajstić information content (AvgIpc) is 2.45. The van der Waals surface area contributed by atoms with E-state index in [0.717, 1.165) is 6.07 Å². The molecule has 0 aromatic heterocycles. The zero-order chi connectivity index (χ0) is 14.4. The van der Waals surface area contributed by atoms with Crippen LogP contribution in [0, 0.1) is 17.1 Å². The summed E-state index contributed by atoms with van der Waals surface area (Å²) in [6.07, 6.45) is 0. The van der Waals surface area contributed by atoms with Crippen LogP contribution in [0.15, 0.2) is 48.5 Å². The van der Waals surface area contributed by atoms with E-state index in [1.807, 2.05) is 6.07 Å². The summed E-state index contributed by atoms with van der Waals surface area (Å²) >= 11 is 0. The number of nitrogens with one attached hydrogen (secondary N) is 1. The Bertz CT molecular complexity index is 665. The predicted molar refractivity (Wildman–Crippen MR) is 71.9 cm³/mol. The lowest BCUT2D eigenvalue weighted by molar-refractivity contribution is 0.102. The molecule has 0 fully saturated rings. The van der Waals surface area contributed by atoms with E-state index in [2.05, 4.69) is 5.32 Å². The molecular weight excluding hydrogens is 259 g/mol. The Balaban J connectivity index is 2.10. The van der Waals surface area contributed by atoms with Crippen molar-refractivity contribution in [2.24, 2.45) is 0 Å². The van der Waals surface area contributed by atoms with E-state index >= 15 is 0 Å². The second kappa shape index (κ2) is 6.34. The van der Waals surface area contributed by atoms with Crippen molar-refractivity contribution in [1.29, 1.82) is 5.26 Å². The first kappa shape index (κ1) is 13.6. The fourth-order valence-corrected chi connectivity index (χ4v) is 1.61. The highest BCUT2D eigenvalue weighted by Gasteiger charge is 2.07. The molecule has 0 radical (unpaired) electrons. The quantitative estimate of drug-likeness (QED) is 0.929. The van der Waals surface area contributed by atoms with Crippen LogP contribution in [0.5, 0.6) is 5.75 Å². The van der Waals surface area contributed by atoms with Gasteiger partial charge in [0.2, 0.25) is 0 Å². The van der Waals surface area contributed by atoms with Crippen LogP contribution >= 0.6 is 0 Å². The molecule has 4 nitrogen and oxygen atoms in total.